The number of aromatic amines is 1. The molecule has 1 aromatic carbocycles. The van der Waals surface area contributed by atoms with Crippen molar-refractivity contribution < 1.29 is 18.4 Å². The fourth-order valence-corrected chi connectivity index (χ4v) is 2.83. The highest BCUT2D eigenvalue weighted by Gasteiger charge is 2.28. The Labute approximate surface area is 119 Å². The highest BCUT2D eigenvalue weighted by atomic mass is 19.1. The topological polar surface area (TPSA) is 75.5 Å². The molecule has 2 heterocycles. The molecule has 1 aromatic heterocycles. The van der Waals surface area contributed by atoms with E-state index in [1.54, 1.807) is 4.90 Å². The van der Waals surface area contributed by atoms with Crippen molar-refractivity contribution in [2.24, 2.45) is 0 Å². The summed E-state index contributed by atoms with van der Waals surface area (Å²) in [6.45, 7) is 4.69. The predicted octanol–water partition coefficient (Wildman–Crippen LogP) is 1.69. The van der Waals surface area contributed by atoms with Gasteiger partial charge < -0.3 is 14.2 Å². The number of hydrogen-bond acceptors (Lipinski definition) is 5. The molecule has 1 N–H and O–H groups in total. The second kappa shape index (κ2) is 5.00. The molecule has 21 heavy (non-hydrogen) atoms. The third kappa shape index (κ3) is 2.23. The van der Waals surface area contributed by atoms with Crippen LogP contribution in [0.25, 0.3) is 11.0 Å². The number of carbonyl (C=O) groups is 1. The van der Waals surface area contributed by atoms with Crippen LogP contribution in [-0.2, 0) is 4.74 Å². The molecule has 1 aliphatic heterocycles. The Kier molecular flexibility index (Phi) is 3.29. The van der Waals surface area contributed by atoms with Gasteiger partial charge in [-0.2, -0.15) is 5.16 Å². The zero-order chi connectivity index (χ0) is 15.1. The molecule has 0 aliphatic carbocycles. The Morgan fingerprint density at radius 2 is 2.05 bits per heavy atom. The fraction of sp³-hybridized carbons (Fsp3) is 0.429. The van der Waals surface area contributed by atoms with E-state index in [2.05, 4.69) is 5.16 Å². The van der Waals surface area contributed by atoms with E-state index < -0.39 is 11.4 Å². The van der Waals surface area contributed by atoms with Crippen LogP contribution in [0.5, 0.6) is 0 Å². The summed E-state index contributed by atoms with van der Waals surface area (Å²) in [5.74, 6) is -0.700. The first-order chi connectivity index (χ1) is 10.0. The van der Waals surface area contributed by atoms with Crippen molar-refractivity contribution >= 4 is 22.9 Å². The molecule has 1 aliphatic rings. The summed E-state index contributed by atoms with van der Waals surface area (Å²) >= 11 is 0. The lowest BCUT2D eigenvalue weighted by molar-refractivity contribution is -0.00542. The molecule has 0 saturated carbocycles. The van der Waals surface area contributed by atoms with Crippen LogP contribution in [0, 0.1) is 5.82 Å². The summed E-state index contributed by atoms with van der Waals surface area (Å²) in [6.07, 6.45) is 0.387. The standard InChI is InChI=1S/C14H15FN2O4/c1-7-4-17(5-8(2)20-7)12-9(6-18)3-10-13(11(12)15)21-16-14(10)19/h3,6-8H,4-5H2,1-2H3,(H,16,19)/t7-,8+. The van der Waals surface area contributed by atoms with E-state index in [4.69, 9.17) is 9.26 Å². The second-order valence-electron chi connectivity index (χ2n) is 5.32. The molecule has 2 atom stereocenters. The number of rotatable bonds is 2. The molecule has 0 unspecified atom stereocenters. The number of ether oxygens (including phenoxy) is 1. The van der Waals surface area contributed by atoms with Crippen molar-refractivity contribution in [2.45, 2.75) is 26.1 Å². The lowest BCUT2D eigenvalue weighted by Crippen LogP contribution is -2.46. The van der Waals surface area contributed by atoms with Crippen LogP contribution < -0.4 is 10.5 Å². The van der Waals surface area contributed by atoms with Gasteiger partial charge in [0.15, 0.2) is 12.1 Å². The number of H-pyrrole nitrogens is 1. The van der Waals surface area contributed by atoms with Gasteiger partial charge >= 0.3 is 0 Å². The number of aromatic nitrogens is 1. The molecule has 0 radical (unpaired) electrons. The van der Waals surface area contributed by atoms with Gasteiger partial charge in [0.05, 0.1) is 23.3 Å². The van der Waals surface area contributed by atoms with Gasteiger partial charge in [-0.15, -0.1) is 0 Å². The first-order valence-corrected chi connectivity index (χ1v) is 6.70. The Hall–Kier alpha value is -2.15. The SMILES string of the molecule is C[C@@H]1CN(c2c(C=O)cc3c(=O)[nH]oc3c2F)C[C@H](C)O1. The van der Waals surface area contributed by atoms with E-state index in [-0.39, 0.29) is 34.4 Å². The Balaban J connectivity index is 2.19. The average molecular weight is 294 g/mol. The molecule has 0 amide bonds. The molecule has 2 aromatic rings. The summed E-state index contributed by atoms with van der Waals surface area (Å²) in [7, 11) is 0. The number of aldehydes is 1. The zero-order valence-corrected chi connectivity index (χ0v) is 11.7. The summed E-state index contributed by atoms with van der Waals surface area (Å²) < 4.78 is 25.2. The van der Waals surface area contributed by atoms with Crippen LogP contribution in [0.3, 0.4) is 0 Å². The minimum absolute atomic E-state index is 0.0349. The molecular weight excluding hydrogens is 279 g/mol. The zero-order valence-electron chi connectivity index (χ0n) is 11.7. The number of nitrogens with one attached hydrogen (secondary N) is 1. The number of nitrogens with zero attached hydrogens (tertiary/aromatic N) is 1. The van der Waals surface area contributed by atoms with Crippen molar-refractivity contribution in [3.63, 3.8) is 0 Å². The number of halogens is 1. The van der Waals surface area contributed by atoms with Gasteiger partial charge in [0.25, 0.3) is 5.56 Å². The lowest BCUT2D eigenvalue weighted by Gasteiger charge is -2.37. The fourth-order valence-electron chi connectivity index (χ4n) is 2.83. The Morgan fingerprint density at radius 3 is 2.67 bits per heavy atom. The van der Waals surface area contributed by atoms with Gasteiger partial charge in [-0.1, -0.05) is 0 Å². The quantitative estimate of drug-likeness (QED) is 0.853. The molecule has 112 valence electrons. The number of carbonyl (C=O) groups excluding carboxylic acids is 1. The van der Waals surface area contributed by atoms with Crippen molar-refractivity contribution in [1.29, 1.82) is 0 Å². The predicted molar refractivity (Wildman–Crippen MR) is 74.4 cm³/mol. The normalized spacial score (nSPS) is 22.7. The van der Waals surface area contributed by atoms with Crippen LogP contribution in [0.1, 0.15) is 24.2 Å². The Morgan fingerprint density at radius 1 is 1.38 bits per heavy atom. The van der Waals surface area contributed by atoms with Crippen LogP contribution in [-0.4, -0.2) is 36.7 Å². The number of morpholine rings is 1. The molecule has 7 heteroatoms. The van der Waals surface area contributed by atoms with Crippen molar-refractivity contribution in [2.75, 3.05) is 18.0 Å². The minimum atomic E-state index is -0.700. The summed E-state index contributed by atoms with van der Waals surface area (Å²) in [4.78, 5) is 24.6. The van der Waals surface area contributed by atoms with E-state index in [0.717, 1.165) is 0 Å². The summed E-state index contributed by atoms with van der Waals surface area (Å²) in [6, 6.07) is 1.36. The van der Waals surface area contributed by atoms with Crippen LogP contribution >= 0.6 is 0 Å². The first-order valence-electron chi connectivity index (χ1n) is 6.70. The monoisotopic (exact) mass is 294 g/mol. The number of anilines is 1. The molecule has 3 rings (SSSR count). The molecule has 0 bridgehead atoms. The first kappa shape index (κ1) is 13.8. The maximum absolute atomic E-state index is 14.7. The lowest BCUT2D eigenvalue weighted by atomic mass is 10.1. The number of fused-ring (bicyclic) bond motifs is 1. The van der Waals surface area contributed by atoms with E-state index in [1.807, 2.05) is 13.8 Å². The van der Waals surface area contributed by atoms with Crippen molar-refractivity contribution in [3.8, 4) is 0 Å². The van der Waals surface area contributed by atoms with Gasteiger partial charge in [-0.3, -0.25) is 9.59 Å². The highest BCUT2D eigenvalue weighted by molar-refractivity contribution is 5.94. The second-order valence-corrected chi connectivity index (χ2v) is 5.32. The summed E-state index contributed by atoms with van der Waals surface area (Å²) in [5, 5.41) is 2.12. The van der Waals surface area contributed by atoms with Gasteiger partial charge in [0.1, 0.15) is 0 Å². The number of hydrogen-bond donors (Lipinski definition) is 1. The smallest absolute Gasteiger partial charge is 0.287 e. The van der Waals surface area contributed by atoms with Crippen molar-refractivity contribution in [1.82, 2.24) is 5.16 Å². The minimum Gasteiger partial charge on any atom is -0.375 e. The van der Waals surface area contributed by atoms with Gasteiger partial charge in [0.2, 0.25) is 5.58 Å². The van der Waals surface area contributed by atoms with Gasteiger partial charge in [-0.05, 0) is 19.9 Å². The highest BCUT2D eigenvalue weighted by Crippen LogP contribution is 2.31. The van der Waals surface area contributed by atoms with Gasteiger partial charge in [0, 0.05) is 18.7 Å². The van der Waals surface area contributed by atoms with Gasteiger partial charge in [-0.25, -0.2) is 4.39 Å². The molecule has 0 spiro atoms. The van der Waals surface area contributed by atoms with E-state index in [1.165, 1.54) is 6.07 Å². The average Bonchev–Trinajstić information content (AvgIpc) is 2.79. The number of benzene rings is 1. The third-order valence-electron chi connectivity index (χ3n) is 3.58. The van der Waals surface area contributed by atoms with Crippen molar-refractivity contribution in [3.05, 3.63) is 27.8 Å². The third-order valence-corrected chi connectivity index (χ3v) is 3.58. The maximum Gasteiger partial charge on any atom is 0.287 e. The van der Waals surface area contributed by atoms with E-state index in [0.29, 0.717) is 19.4 Å². The largest absolute Gasteiger partial charge is 0.375 e. The molecule has 1 fully saturated rings. The Bertz CT molecular complexity index is 741. The van der Waals surface area contributed by atoms with E-state index in [9.17, 15) is 14.0 Å². The van der Waals surface area contributed by atoms with Crippen LogP contribution in [0.15, 0.2) is 15.4 Å². The summed E-state index contributed by atoms with van der Waals surface area (Å²) in [5.41, 5.74) is -0.426. The maximum atomic E-state index is 14.7. The van der Waals surface area contributed by atoms with Crippen LogP contribution in [0.4, 0.5) is 10.1 Å². The molecular formula is C14H15FN2O4. The van der Waals surface area contributed by atoms with E-state index >= 15 is 0 Å². The van der Waals surface area contributed by atoms with Crippen LogP contribution in [0.2, 0.25) is 0 Å². The molecule has 6 nitrogen and oxygen atoms in total. The molecule has 1 saturated heterocycles.